The lowest BCUT2D eigenvalue weighted by molar-refractivity contribution is -0.129. The smallest absolute Gasteiger partial charge is 0.237 e. The molecule has 0 unspecified atom stereocenters. The van der Waals surface area contributed by atoms with Crippen molar-refractivity contribution in [2.45, 2.75) is 95.5 Å². The van der Waals surface area contributed by atoms with Crippen LogP contribution < -0.4 is 5.32 Å². The van der Waals surface area contributed by atoms with Gasteiger partial charge in [0.25, 0.3) is 0 Å². The number of hydrogen-bond acceptors (Lipinski definition) is 3. The van der Waals surface area contributed by atoms with E-state index in [0.29, 0.717) is 24.0 Å². The Bertz CT molecular complexity index is 454. The zero-order valence-electron chi connectivity index (χ0n) is 14.6. The molecular formula is C19H32N2O2. The molecule has 4 nitrogen and oxygen atoms in total. The Labute approximate surface area is 140 Å². The molecule has 4 bridgehead atoms. The summed E-state index contributed by atoms with van der Waals surface area (Å²) >= 11 is 0. The van der Waals surface area contributed by atoms with Gasteiger partial charge in [-0.05, 0) is 76.5 Å². The Morgan fingerprint density at radius 2 is 1.74 bits per heavy atom. The zero-order valence-corrected chi connectivity index (χ0v) is 14.6. The van der Waals surface area contributed by atoms with Gasteiger partial charge in [-0.3, -0.25) is 9.69 Å². The third kappa shape index (κ3) is 2.82. The summed E-state index contributed by atoms with van der Waals surface area (Å²) in [5.74, 6) is 2.69. The molecule has 2 heterocycles. The van der Waals surface area contributed by atoms with Crippen LogP contribution in [0.25, 0.3) is 0 Å². The van der Waals surface area contributed by atoms with Crippen molar-refractivity contribution in [3.05, 3.63) is 0 Å². The van der Waals surface area contributed by atoms with Gasteiger partial charge in [0, 0.05) is 18.1 Å². The van der Waals surface area contributed by atoms with E-state index in [1.165, 1.54) is 25.7 Å². The molecule has 0 aromatic heterocycles. The van der Waals surface area contributed by atoms with E-state index in [2.05, 4.69) is 24.1 Å². The number of aliphatic hydroxyl groups excluding tert-OH is 1. The first-order valence-electron chi connectivity index (χ1n) is 9.78. The molecule has 130 valence electrons. The molecule has 7 atom stereocenters. The number of carbonyl (C=O) groups is 1. The maximum absolute atomic E-state index is 12.8. The van der Waals surface area contributed by atoms with Crippen molar-refractivity contribution in [2.75, 3.05) is 0 Å². The highest BCUT2D eigenvalue weighted by Gasteiger charge is 2.45. The molecule has 4 heteroatoms. The van der Waals surface area contributed by atoms with E-state index in [9.17, 15) is 9.90 Å². The second-order valence-electron chi connectivity index (χ2n) is 8.77. The van der Waals surface area contributed by atoms with Gasteiger partial charge in [0.1, 0.15) is 0 Å². The van der Waals surface area contributed by atoms with Crippen LogP contribution in [0, 0.1) is 17.8 Å². The molecule has 0 aromatic carbocycles. The zero-order chi connectivity index (χ0) is 16.1. The van der Waals surface area contributed by atoms with Crippen molar-refractivity contribution in [3.8, 4) is 0 Å². The fraction of sp³-hybridized carbons (Fsp3) is 0.947. The fourth-order valence-electron chi connectivity index (χ4n) is 6.31. The van der Waals surface area contributed by atoms with Gasteiger partial charge in [0.05, 0.1) is 12.1 Å². The number of rotatable bonds is 4. The summed E-state index contributed by atoms with van der Waals surface area (Å²) in [6, 6.07) is 1.07. The molecule has 23 heavy (non-hydrogen) atoms. The van der Waals surface area contributed by atoms with Gasteiger partial charge in [0.15, 0.2) is 0 Å². The van der Waals surface area contributed by atoms with Crippen molar-refractivity contribution in [2.24, 2.45) is 17.8 Å². The van der Waals surface area contributed by atoms with E-state index in [1.807, 2.05) is 0 Å². The minimum Gasteiger partial charge on any atom is -0.393 e. The van der Waals surface area contributed by atoms with Gasteiger partial charge < -0.3 is 10.4 Å². The van der Waals surface area contributed by atoms with Crippen LogP contribution in [0.5, 0.6) is 0 Å². The topological polar surface area (TPSA) is 52.6 Å². The molecule has 0 aromatic rings. The number of nitrogens with one attached hydrogen (secondary N) is 1. The third-order valence-electron chi connectivity index (χ3n) is 7.40. The second kappa shape index (κ2) is 6.03. The molecule has 2 aliphatic carbocycles. The highest BCUT2D eigenvalue weighted by molar-refractivity contribution is 5.81. The lowest BCUT2D eigenvalue weighted by Gasteiger charge is -2.41. The van der Waals surface area contributed by atoms with E-state index in [-0.39, 0.29) is 18.1 Å². The molecule has 2 saturated heterocycles. The van der Waals surface area contributed by atoms with Crippen LogP contribution >= 0.6 is 0 Å². The highest BCUT2D eigenvalue weighted by atomic mass is 16.3. The quantitative estimate of drug-likeness (QED) is 0.836. The van der Waals surface area contributed by atoms with Crippen LogP contribution in [-0.2, 0) is 4.79 Å². The molecular weight excluding hydrogens is 288 g/mol. The van der Waals surface area contributed by atoms with Crippen molar-refractivity contribution >= 4 is 5.91 Å². The summed E-state index contributed by atoms with van der Waals surface area (Å²) < 4.78 is 0. The second-order valence-corrected chi connectivity index (χ2v) is 8.77. The Balaban J connectivity index is 1.35. The molecule has 0 radical (unpaired) electrons. The first-order chi connectivity index (χ1) is 11.0. The van der Waals surface area contributed by atoms with E-state index in [1.54, 1.807) is 0 Å². The Hall–Kier alpha value is -0.610. The van der Waals surface area contributed by atoms with E-state index in [4.69, 9.17) is 0 Å². The van der Waals surface area contributed by atoms with Crippen LogP contribution in [0.15, 0.2) is 0 Å². The average molecular weight is 320 g/mol. The predicted octanol–water partition coefficient (Wildman–Crippen LogP) is 2.30. The highest BCUT2D eigenvalue weighted by Crippen LogP contribution is 2.49. The van der Waals surface area contributed by atoms with Gasteiger partial charge in [-0.25, -0.2) is 0 Å². The molecule has 4 aliphatic rings. The van der Waals surface area contributed by atoms with Crippen molar-refractivity contribution in [3.63, 3.8) is 0 Å². The fourth-order valence-corrected chi connectivity index (χ4v) is 6.31. The summed E-state index contributed by atoms with van der Waals surface area (Å²) in [4.78, 5) is 15.2. The van der Waals surface area contributed by atoms with Gasteiger partial charge >= 0.3 is 0 Å². The van der Waals surface area contributed by atoms with E-state index < -0.39 is 0 Å². The van der Waals surface area contributed by atoms with Crippen molar-refractivity contribution in [1.82, 2.24) is 10.2 Å². The van der Waals surface area contributed by atoms with Gasteiger partial charge in [-0.2, -0.15) is 0 Å². The largest absolute Gasteiger partial charge is 0.393 e. The van der Waals surface area contributed by atoms with Crippen molar-refractivity contribution in [1.29, 1.82) is 0 Å². The maximum Gasteiger partial charge on any atom is 0.237 e. The van der Waals surface area contributed by atoms with Crippen LogP contribution in [0.2, 0.25) is 0 Å². The number of amides is 1. The van der Waals surface area contributed by atoms with Gasteiger partial charge in [-0.1, -0.05) is 6.42 Å². The van der Waals surface area contributed by atoms with Crippen LogP contribution in [0.3, 0.4) is 0 Å². The maximum atomic E-state index is 12.8. The Morgan fingerprint density at radius 3 is 2.30 bits per heavy atom. The number of aliphatic hydroxyl groups is 1. The van der Waals surface area contributed by atoms with Gasteiger partial charge in [0.2, 0.25) is 5.91 Å². The number of hydrogen-bond donors (Lipinski definition) is 2. The number of fused-ring (bicyclic) bond motifs is 4. The van der Waals surface area contributed by atoms with E-state index >= 15 is 0 Å². The standard InChI is InChI=1S/C19H32N2O2/c1-11(18-8-13-3-4-14(18)7-13)20-19(23)12(2)21-15-5-6-16(21)10-17(22)9-15/h11-18,22H,3-10H2,1-2H3,(H,20,23)/t11-,12+,13-,14-,15-,16-,18+/m0/s1. The van der Waals surface area contributed by atoms with Crippen LogP contribution in [-0.4, -0.2) is 46.2 Å². The summed E-state index contributed by atoms with van der Waals surface area (Å²) in [5, 5.41) is 13.3. The lowest BCUT2D eigenvalue weighted by atomic mass is 9.84. The predicted molar refractivity (Wildman–Crippen MR) is 89.9 cm³/mol. The summed E-state index contributed by atoms with van der Waals surface area (Å²) in [6.07, 6.45) is 9.31. The molecule has 0 spiro atoms. The van der Waals surface area contributed by atoms with Crippen LogP contribution in [0.1, 0.15) is 65.2 Å². The van der Waals surface area contributed by atoms with Crippen LogP contribution in [0.4, 0.5) is 0 Å². The SMILES string of the molecule is C[C@H](NC(=O)[C@@H](C)N1[C@H]2CC[C@H]1CC(O)C2)[C@H]1C[C@H]2CC[C@H]1C2. The molecule has 4 fully saturated rings. The summed E-state index contributed by atoms with van der Waals surface area (Å²) in [6.45, 7) is 4.27. The van der Waals surface area contributed by atoms with E-state index in [0.717, 1.165) is 37.5 Å². The normalized spacial score (nSPS) is 45.2. The summed E-state index contributed by atoms with van der Waals surface area (Å²) in [7, 11) is 0. The molecule has 4 rings (SSSR count). The number of piperidine rings is 1. The minimum atomic E-state index is -0.160. The first kappa shape index (κ1) is 15.9. The Kier molecular flexibility index (Phi) is 4.17. The minimum absolute atomic E-state index is 0.0546. The first-order valence-corrected chi connectivity index (χ1v) is 9.78. The average Bonchev–Trinajstić information content (AvgIpc) is 3.20. The molecule has 2 saturated carbocycles. The lowest BCUT2D eigenvalue weighted by Crippen LogP contribution is -2.56. The molecule has 2 N–H and O–H groups in total. The number of carbonyl (C=O) groups excluding carboxylic acids is 1. The summed E-state index contributed by atoms with van der Waals surface area (Å²) in [5.41, 5.74) is 0. The molecule has 2 aliphatic heterocycles. The van der Waals surface area contributed by atoms with Crippen molar-refractivity contribution < 1.29 is 9.90 Å². The van der Waals surface area contributed by atoms with Gasteiger partial charge in [-0.15, -0.1) is 0 Å². The Morgan fingerprint density at radius 1 is 1.04 bits per heavy atom. The monoisotopic (exact) mass is 320 g/mol. The molecule has 1 amide bonds. The third-order valence-corrected chi connectivity index (χ3v) is 7.40. The number of nitrogens with zero attached hydrogens (tertiary/aromatic N) is 1.